The summed E-state index contributed by atoms with van der Waals surface area (Å²) in [7, 11) is -3.01. The van der Waals surface area contributed by atoms with E-state index in [0.717, 1.165) is 5.69 Å². The molecule has 1 heterocycles. The van der Waals surface area contributed by atoms with E-state index in [4.69, 9.17) is 0 Å². The second-order valence-electron chi connectivity index (χ2n) is 5.61. The summed E-state index contributed by atoms with van der Waals surface area (Å²) >= 11 is 0. The van der Waals surface area contributed by atoms with Crippen molar-refractivity contribution in [3.63, 3.8) is 0 Å². The van der Waals surface area contributed by atoms with Gasteiger partial charge in [0.1, 0.15) is 0 Å². The van der Waals surface area contributed by atoms with Gasteiger partial charge < -0.3 is 10.6 Å². The molecule has 1 aliphatic rings. The van der Waals surface area contributed by atoms with Gasteiger partial charge in [0.2, 0.25) is 0 Å². The van der Waals surface area contributed by atoms with Crippen LogP contribution in [0.5, 0.6) is 0 Å². The molecule has 0 saturated carbocycles. The van der Waals surface area contributed by atoms with Crippen LogP contribution in [0.4, 0.5) is 11.4 Å². The Hall–Kier alpha value is -2.34. The molecule has 0 spiro atoms. The summed E-state index contributed by atoms with van der Waals surface area (Å²) < 4.78 is 23.0. The number of para-hydroxylation sites is 2. The molecule has 0 radical (unpaired) electrons. The first kappa shape index (κ1) is 15.6. The Labute approximate surface area is 135 Å². The van der Waals surface area contributed by atoms with Gasteiger partial charge in [0.05, 0.1) is 22.8 Å². The van der Waals surface area contributed by atoms with Crippen molar-refractivity contribution < 1.29 is 13.2 Å². The van der Waals surface area contributed by atoms with Crippen LogP contribution in [-0.4, -0.2) is 31.9 Å². The van der Waals surface area contributed by atoms with Gasteiger partial charge in [-0.2, -0.15) is 0 Å². The van der Waals surface area contributed by atoms with Crippen molar-refractivity contribution in [2.24, 2.45) is 0 Å². The van der Waals surface area contributed by atoms with Gasteiger partial charge in [0.15, 0.2) is 9.84 Å². The number of rotatable bonds is 4. The van der Waals surface area contributed by atoms with E-state index in [2.05, 4.69) is 10.6 Å². The third kappa shape index (κ3) is 3.90. The number of amides is 1. The lowest BCUT2D eigenvalue weighted by molar-refractivity contribution is 0.0942. The molecule has 5 nitrogen and oxygen atoms in total. The van der Waals surface area contributed by atoms with Crippen LogP contribution in [0.15, 0.2) is 54.6 Å². The largest absolute Gasteiger partial charge is 0.355 e. The maximum absolute atomic E-state index is 12.5. The zero-order valence-corrected chi connectivity index (χ0v) is 13.3. The fourth-order valence-electron chi connectivity index (χ4n) is 2.64. The van der Waals surface area contributed by atoms with E-state index in [-0.39, 0.29) is 23.5 Å². The van der Waals surface area contributed by atoms with Crippen LogP contribution in [-0.2, 0) is 9.84 Å². The van der Waals surface area contributed by atoms with Crippen LogP contribution in [0.3, 0.4) is 0 Å². The Bertz CT molecular complexity index is 804. The van der Waals surface area contributed by atoms with Gasteiger partial charge in [-0.15, -0.1) is 0 Å². The van der Waals surface area contributed by atoms with E-state index in [1.807, 2.05) is 42.5 Å². The molecular formula is C17H18N2O3S. The summed E-state index contributed by atoms with van der Waals surface area (Å²) in [6.07, 6.45) is 0.475. The highest BCUT2D eigenvalue weighted by atomic mass is 32.2. The van der Waals surface area contributed by atoms with Crippen LogP contribution >= 0.6 is 0 Å². The fraction of sp³-hybridized carbons (Fsp3) is 0.235. The summed E-state index contributed by atoms with van der Waals surface area (Å²) in [6, 6.07) is 16.5. The molecule has 120 valence electrons. The zero-order chi connectivity index (χ0) is 16.3. The van der Waals surface area contributed by atoms with E-state index in [1.165, 1.54) is 0 Å². The average Bonchev–Trinajstić information content (AvgIpc) is 2.87. The van der Waals surface area contributed by atoms with Crippen LogP contribution in [0.1, 0.15) is 16.8 Å². The van der Waals surface area contributed by atoms with Gasteiger partial charge in [0, 0.05) is 11.7 Å². The molecule has 1 fully saturated rings. The van der Waals surface area contributed by atoms with Crippen LogP contribution in [0, 0.1) is 0 Å². The Kier molecular flexibility index (Phi) is 4.34. The summed E-state index contributed by atoms with van der Waals surface area (Å²) in [6.45, 7) is 0. The molecule has 0 bridgehead atoms. The average molecular weight is 330 g/mol. The molecular weight excluding hydrogens is 312 g/mol. The number of carbonyl (C=O) groups excluding carboxylic acids is 1. The minimum absolute atomic E-state index is 0.0209. The first-order chi connectivity index (χ1) is 11.0. The zero-order valence-electron chi connectivity index (χ0n) is 12.5. The van der Waals surface area contributed by atoms with E-state index in [1.54, 1.807) is 12.1 Å². The number of nitrogens with one attached hydrogen (secondary N) is 2. The highest BCUT2D eigenvalue weighted by Crippen LogP contribution is 2.21. The lowest BCUT2D eigenvalue weighted by Crippen LogP contribution is -2.35. The van der Waals surface area contributed by atoms with Crippen molar-refractivity contribution in [3.8, 4) is 0 Å². The minimum atomic E-state index is -3.01. The Morgan fingerprint density at radius 3 is 2.39 bits per heavy atom. The van der Waals surface area contributed by atoms with E-state index in [9.17, 15) is 13.2 Å². The van der Waals surface area contributed by atoms with Crippen LogP contribution < -0.4 is 10.6 Å². The van der Waals surface area contributed by atoms with Gasteiger partial charge in [-0.3, -0.25) is 4.79 Å². The number of sulfone groups is 1. The second-order valence-corrected chi connectivity index (χ2v) is 7.84. The molecule has 0 unspecified atom stereocenters. The predicted octanol–water partition coefficient (Wildman–Crippen LogP) is 2.35. The number of hydrogen-bond donors (Lipinski definition) is 2. The molecule has 0 aliphatic carbocycles. The molecule has 2 aromatic rings. The standard InChI is InChI=1S/C17H18N2O3S/c20-17(19-14-10-11-23(21,22)12-14)15-8-4-5-9-16(15)18-13-6-2-1-3-7-13/h1-9,14,18H,10-12H2,(H,19,20)/t14-/m0/s1. The normalized spacial score (nSPS) is 19.2. The van der Waals surface area contributed by atoms with Crippen molar-refractivity contribution in [2.45, 2.75) is 12.5 Å². The van der Waals surface area contributed by atoms with Crippen molar-refractivity contribution in [3.05, 3.63) is 60.2 Å². The van der Waals surface area contributed by atoms with Gasteiger partial charge >= 0.3 is 0 Å². The molecule has 1 amide bonds. The van der Waals surface area contributed by atoms with Crippen molar-refractivity contribution >= 4 is 27.1 Å². The third-order valence-corrected chi connectivity index (χ3v) is 5.56. The van der Waals surface area contributed by atoms with E-state index >= 15 is 0 Å². The number of hydrogen-bond acceptors (Lipinski definition) is 4. The highest BCUT2D eigenvalue weighted by molar-refractivity contribution is 7.91. The number of benzene rings is 2. The van der Waals surface area contributed by atoms with Gasteiger partial charge in [-0.05, 0) is 30.7 Å². The Balaban J connectivity index is 1.76. The number of carbonyl (C=O) groups is 1. The second kappa shape index (κ2) is 6.42. The Morgan fingerprint density at radius 1 is 1.00 bits per heavy atom. The Morgan fingerprint density at radius 2 is 1.70 bits per heavy atom. The lowest BCUT2D eigenvalue weighted by atomic mass is 10.1. The monoisotopic (exact) mass is 330 g/mol. The summed E-state index contributed by atoms with van der Waals surface area (Å²) in [5, 5.41) is 6.03. The van der Waals surface area contributed by atoms with Gasteiger partial charge in [-0.1, -0.05) is 30.3 Å². The van der Waals surface area contributed by atoms with Crippen molar-refractivity contribution in [2.75, 3.05) is 16.8 Å². The summed E-state index contributed by atoms with van der Waals surface area (Å²) in [5.41, 5.74) is 2.08. The molecule has 0 aromatic heterocycles. The molecule has 6 heteroatoms. The van der Waals surface area contributed by atoms with Gasteiger partial charge in [-0.25, -0.2) is 8.42 Å². The molecule has 1 atom stereocenters. The molecule has 23 heavy (non-hydrogen) atoms. The molecule has 2 N–H and O–H groups in total. The quantitative estimate of drug-likeness (QED) is 0.902. The molecule has 3 rings (SSSR count). The minimum Gasteiger partial charge on any atom is -0.355 e. The van der Waals surface area contributed by atoms with Crippen LogP contribution in [0.25, 0.3) is 0 Å². The summed E-state index contributed by atoms with van der Waals surface area (Å²) in [4.78, 5) is 12.5. The third-order valence-electron chi connectivity index (χ3n) is 3.79. The van der Waals surface area contributed by atoms with Gasteiger partial charge in [0.25, 0.3) is 5.91 Å². The van der Waals surface area contributed by atoms with Crippen LogP contribution in [0.2, 0.25) is 0 Å². The predicted molar refractivity (Wildman–Crippen MR) is 90.7 cm³/mol. The first-order valence-corrected chi connectivity index (χ1v) is 9.28. The van der Waals surface area contributed by atoms with E-state index in [0.29, 0.717) is 17.7 Å². The first-order valence-electron chi connectivity index (χ1n) is 7.46. The lowest BCUT2D eigenvalue weighted by Gasteiger charge is -2.15. The van der Waals surface area contributed by atoms with Crippen molar-refractivity contribution in [1.29, 1.82) is 0 Å². The topological polar surface area (TPSA) is 75.3 Å². The van der Waals surface area contributed by atoms with Crippen molar-refractivity contribution in [1.82, 2.24) is 5.32 Å². The summed E-state index contributed by atoms with van der Waals surface area (Å²) in [5.74, 6) is -0.0966. The number of anilines is 2. The molecule has 1 aliphatic heterocycles. The van der Waals surface area contributed by atoms with E-state index < -0.39 is 9.84 Å². The smallest absolute Gasteiger partial charge is 0.253 e. The fourth-order valence-corrected chi connectivity index (χ4v) is 4.31. The molecule has 1 saturated heterocycles. The molecule has 2 aromatic carbocycles. The maximum Gasteiger partial charge on any atom is 0.253 e. The maximum atomic E-state index is 12.5. The highest BCUT2D eigenvalue weighted by Gasteiger charge is 2.29. The SMILES string of the molecule is O=C(N[C@H]1CCS(=O)(=O)C1)c1ccccc1Nc1ccccc1.